The fourth-order valence-electron chi connectivity index (χ4n) is 1.27. The third-order valence-electron chi connectivity index (χ3n) is 1.97. The Bertz CT molecular complexity index is 248. The van der Waals surface area contributed by atoms with Gasteiger partial charge in [-0.3, -0.25) is 4.79 Å². The van der Waals surface area contributed by atoms with Crippen molar-refractivity contribution in [2.24, 2.45) is 0 Å². The minimum Gasteiger partial charge on any atom is -0.276 e. The molecule has 0 fully saturated rings. The molecule has 2 heteroatoms. The molecule has 0 unspecified atom stereocenters. The van der Waals surface area contributed by atoms with E-state index in [1.807, 2.05) is 13.0 Å². The Balaban J connectivity index is 2.85. The van der Waals surface area contributed by atoms with Crippen LogP contribution in [0.3, 0.4) is 0 Å². The number of carbonyl (C=O) groups is 1. The summed E-state index contributed by atoms with van der Waals surface area (Å²) >= 11 is 5.36. The molecule has 0 saturated carbocycles. The van der Waals surface area contributed by atoms with Gasteiger partial charge in [0.05, 0.1) is 0 Å². The normalized spacial score (nSPS) is 17.2. The lowest BCUT2D eigenvalue weighted by Gasteiger charge is -1.94. The summed E-state index contributed by atoms with van der Waals surface area (Å²) in [5.41, 5.74) is 3.09. The number of rotatable bonds is 2. The molecule has 0 aromatic carbocycles. The molecule has 0 radical (unpaired) electrons. The highest BCUT2D eigenvalue weighted by molar-refractivity contribution is 6.68. The minimum atomic E-state index is -0.328. The first kappa shape index (κ1) is 8.54. The molecule has 0 atom stereocenters. The van der Waals surface area contributed by atoms with Crippen LogP contribution in [-0.2, 0) is 4.79 Å². The molecule has 0 spiro atoms. The van der Waals surface area contributed by atoms with Gasteiger partial charge in [0, 0.05) is 5.57 Å². The SMILES string of the molecule is CCC1=CC(C(=O)Cl)=C(C)C1. The summed E-state index contributed by atoms with van der Waals surface area (Å²) in [6.07, 6.45) is 3.83. The predicted molar refractivity (Wildman–Crippen MR) is 46.6 cm³/mol. The Kier molecular flexibility index (Phi) is 2.50. The summed E-state index contributed by atoms with van der Waals surface area (Å²) in [6, 6.07) is 0. The van der Waals surface area contributed by atoms with Crippen LogP contribution >= 0.6 is 11.6 Å². The van der Waals surface area contributed by atoms with Gasteiger partial charge in [-0.1, -0.05) is 24.1 Å². The second-order valence-electron chi connectivity index (χ2n) is 2.80. The minimum absolute atomic E-state index is 0.328. The number of hydrogen-bond donors (Lipinski definition) is 0. The third kappa shape index (κ3) is 1.72. The smallest absolute Gasteiger partial charge is 0.252 e. The molecule has 0 saturated heterocycles. The summed E-state index contributed by atoms with van der Waals surface area (Å²) in [7, 11) is 0. The van der Waals surface area contributed by atoms with Gasteiger partial charge in [0.2, 0.25) is 0 Å². The average molecular weight is 171 g/mol. The Labute approximate surface area is 71.7 Å². The van der Waals surface area contributed by atoms with Gasteiger partial charge in [0.15, 0.2) is 0 Å². The zero-order chi connectivity index (χ0) is 8.43. The monoisotopic (exact) mass is 170 g/mol. The van der Waals surface area contributed by atoms with Crippen molar-refractivity contribution in [3.05, 3.63) is 22.8 Å². The van der Waals surface area contributed by atoms with E-state index < -0.39 is 0 Å². The quantitative estimate of drug-likeness (QED) is 0.583. The second kappa shape index (κ2) is 3.22. The van der Waals surface area contributed by atoms with E-state index in [4.69, 9.17) is 11.6 Å². The van der Waals surface area contributed by atoms with Crippen LogP contribution in [0.15, 0.2) is 22.8 Å². The molecule has 1 rings (SSSR count). The second-order valence-corrected chi connectivity index (χ2v) is 3.14. The lowest BCUT2D eigenvalue weighted by Crippen LogP contribution is -1.88. The van der Waals surface area contributed by atoms with Crippen molar-refractivity contribution in [1.82, 2.24) is 0 Å². The van der Waals surface area contributed by atoms with E-state index >= 15 is 0 Å². The van der Waals surface area contributed by atoms with Gasteiger partial charge in [-0.2, -0.15) is 0 Å². The van der Waals surface area contributed by atoms with Crippen LogP contribution in [0.2, 0.25) is 0 Å². The molecule has 1 aliphatic carbocycles. The van der Waals surface area contributed by atoms with Crippen molar-refractivity contribution in [2.75, 3.05) is 0 Å². The van der Waals surface area contributed by atoms with Gasteiger partial charge in [0.1, 0.15) is 0 Å². The van der Waals surface area contributed by atoms with Crippen molar-refractivity contribution in [1.29, 1.82) is 0 Å². The van der Waals surface area contributed by atoms with Crippen LogP contribution in [0.1, 0.15) is 26.7 Å². The van der Waals surface area contributed by atoms with E-state index in [-0.39, 0.29) is 5.24 Å². The van der Waals surface area contributed by atoms with Crippen LogP contribution in [-0.4, -0.2) is 5.24 Å². The van der Waals surface area contributed by atoms with Crippen molar-refractivity contribution in [3.63, 3.8) is 0 Å². The third-order valence-corrected chi connectivity index (χ3v) is 2.17. The molecule has 0 bridgehead atoms. The summed E-state index contributed by atoms with van der Waals surface area (Å²) in [6.45, 7) is 4.04. The average Bonchev–Trinajstić information content (AvgIpc) is 2.30. The van der Waals surface area contributed by atoms with Gasteiger partial charge in [0.25, 0.3) is 5.24 Å². The molecule has 0 N–H and O–H groups in total. The predicted octanol–water partition coefficient (Wildman–Crippen LogP) is 2.81. The maximum absolute atomic E-state index is 10.8. The Morgan fingerprint density at radius 3 is 2.64 bits per heavy atom. The number of hydrogen-bond acceptors (Lipinski definition) is 1. The molecule has 0 aromatic rings. The number of carbonyl (C=O) groups excluding carboxylic acids is 1. The zero-order valence-electron chi connectivity index (χ0n) is 6.78. The lowest BCUT2D eigenvalue weighted by molar-refractivity contribution is -0.108. The van der Waals surface area contributed by atoms with E-state index in [9.17, 15) is 4.79 Å². The van der Waals surface area contributed by atoms with Crippen LogP contribution < -0.4 is 0 Å². The molecule has 1 aliphatic rings. The highest BCUT2D eigenvalue weighted by Gasteiger charge is 2.15. The first-order chi connectivity index (χ1) is 5.15. The lowest BCUT2D eigenvalue weighted by atomic mass is 10.1. The molecule has 0 aromatic heterocycles. The standard InChI is InChI=1S/C9H11ClO/c1-3-7-4-6(2)8(5-7)9(10)11/h5H,3-4H2,1-2H3. The van der Waals surface area contributed by atoms with Crippen LogP contribution in [0.5, 0.6) is 0 Å². The molecule has 0 amide bonds. The van der Waals surface area contributed by atoms with Crippen LogP contribution in [0.25, 0.3) is 0 Å². The first-order valence-corrected chi connectivity index (χ1v) is 4.12. The summed E-state index contributed by atoms with van der Waals surface area (Å²) < 4.78 is 0. The Hall–Kier alpha value is -0.560. The highest BCUT2D eigenvalue weighted by atomic mass is 35.5. The van der Waals surface area contributed by atoms with E-state index in [1.165, 1.54) is 5.57 Å². The topological polar surface area (TPSA) is 17.1 Å². The molecule has 0 heterocycles. The first-order valence-electron chi connectivity index (χ1n) is 3.74. The molecular weight excluding hydrogens is 160 g/mol. The maximum Gasteiger partial charge on any atom is 0.252 e. The van der Waals surface area contributed by atoms with Crippen molar-refractivity contribution < 1.29 is 4.79 Å². The molecule has 1 nitrogen and oxygen atoms in total. The molecular formula is C9H11ClO. The van der Waals surface area contributed by atoms with Gasteiger partial charge < -0.3 is 0 Å². The highest BCUT2D eigenvalue weighted by Crippen LogP contribution is 2.27. The Morgan fingerprint density at radius 2 is 2.36 bits per heavy atom. The Morgan fingerprint density at radius 1 is 1.73 bits per heavy atom. The van der Waals surface area contributed by atoms with E-state index in [2.05, 4.69) is 6.92 Å². The maximum atomic E-state index is 10.8. The van der Waals surface area contributed by atoms with E-state index in [1.54, 1.807) is 0 Å². The molecule has 11 heavy (non-hydrogen) atoms. The van der Waals surface area contributed by atoms with Crippen molar-refractivity contribution in [3.8, 4) is 0 Å². The number of allylic oxidation sites excluding steroid dienone is 4. The van der Waals surface area contributed by atoms with E-state index in [0.29, 0.717) is 5.57 Å². The van der Waals surface area contributed by atoms with Crippen molar-refractivity contribution >= 4 is 16.8 Å². The summed E-state index contributed by atoms with van der Waals surface area (Å²) in [5.74, 6) is 0. The fourth-order valence-corrected chi connectivity index (χ4v) is 1.48. The largest absolute Gasteiger partial charge is 0.276 e. The zero-order valence-corrected chi connectivity index (χ0v) is 7.53. The van der Waals surface area contributed by atoms with Gasteiger partial charge in [-0.05, 0) is 31.4 Å². The molecule has 60 valence electrons. The van der Waals surface area contributed by atoms with Gasteiger partial charge in [-0.25, -0.2) is 0 Å². The van der Waals surface area contributed by atoms with Crippen LogP contribution in [0, 0.1) is 0 Å². The van der Waals surface area contributed by atoms with Gasteiger partial charge in [-0.15, -0.1) is 0 Å². The van der Waals surface area contributed by atoms with E-state index in [0.717, 1.165) is 18.4 Å². The number of halogens is 1. The van der Waals surface area contributed by atoms with Crippen molar-refractivity contribution in [2.45, 2.75) is 26.7 Å². The van der Waals surface area contributed by atoms with Crippen LogP contribution in [0.4, 0.5) is 0 Å². The molecule has 0 aliphatic heterocycles. The fraction of sp³-hybridized carbons (Fsp3) is 0.444. The summed E-state index contributed by atoms with van der Waals surface area (Å²) in [5, 5.41) is -0.328. The van der Waals surface area contributed by atoms with Gasteiger partial charge >= 0.3 is 0 Å². The summed E-state index contributed by atoms with van der Waals surface area (Å²) in [4.78, 5) is 10.8.